The Morgan fingerprint density at radius 3 is 2.47 bits per heavy atom. The van der Waals surface area contributed by atoms with E-state index in [1.54, 1.807) is 4.90 Å². The van der Waals surface area contributed by atoms with Gasteiger partial charge in [-0.1, -0.05) is 30.3 Å². The number of methoxy groups -OCH3 is 1. The van der Waals surface area contributed by atoms with Gasteiger partial charge < -0.3 is 25.6 Å². The zero-order valence-electron chi connectivity index (χ0n) is 18.9. The molecule has 1 amide bonds. The Morgan fingerprint density at radius 2 is 1.90 bits per heavy atom. The molecule has 1 fully saturated rings. The third-order valence-corrected chi connectivity index (χ3v) is 5.15. The number of halogens is 1. The lowest BCUT2D eigenvalue weighted by molar-refractivity contribution is 0.111. The highest BCUT2D eigenvalue weighted by Crippen LogP contribution is 2.16. The minimum Gasteiger partial charge on any atom is -0.453 e. The first kappa shape index (κ1) is 26.5. The Kier molecular flexibility index (Phi) is 11.5. The Bertz CT molecular complexity index is 661. The zero-order chi connectivity index (χ0) is 21.3. The van der Waals surface area contributed by atoms with Crippen LogP contribution >= 0.6 is 24.0 Å². The summed E-state index contributed by atoms with van der Waals surface area (Å²) in [6.07, 6.45) is 1.52. The van der Waals surface area contributed by atoms with Crippen molar-refractivity contribution in [1.82, 2.24) is 20.9 Å². The van der Waals surface area contributed by atoms with Gasteiger partial charge in [0.05, 0.1) is 13.7 Å². The van der Waals surface area contributed by atoms with Gasteiger partial charge in [-0.3, -0.25) is 4.99 Å². The molecule has 1 aromatic rings. The molecule has 30 heavy (non-hydrogen) atoms. The van der Waals surface area contributed by atoms with Gasteiger partial charge in [-0.25, -0.2) is 4.79 Å². The van der Waals surface area contributed by atoms with Crippen LogP contribution in [0.25, 0.3) is 0 Å². The van der Waals surface area contributed by atoms with Crippen LogP contribution in [-0.4, -0.2) is 61.8 Å². The third kappa shape index (κ3) is 8.67. The lowest BCUT2D eigenvalue weighted by Crippen LogP contribution is -2.50. The van der Waals surface area contributed by atoms with Crippen molar-refractivity contribution < 1.29 is 9.53 Å². The average molecular weight is 531 g/mol. The van der Waals surface area contributed by atoms with Crippen LogP contribution in [0.15, 0.2) is 35.3 Å². The van der Waals surface area contributed by atoms with Crippen molar-refractivity contribution in [2.75, 3.05) is 33.3 Å². The fourth-order valence-corrected chi connectivity index (χ4v) is 3.58. The standard InChI is InChI=1S/C22H37N5O2.HI/c1-6-23-20(25-19-12-14-27(15-13-19)21(28)29-5)24-16-22(3,4)26-17(2)18-10-8-7-9-11-18;/h7-11,17,19,26H,6,12-16H2,1-5H3,(H2,23,24,25);1H. The number of ether oxygens (including phenoxy) is 1. The van der Waals surface area contributed by atoms with Crippen LogP contribution in [0.3, 0.4) is 0 Å². The van der Waals surface area contributed by atoms with Crippen LogP contribution < -0.4 is 16.0 Å². The van der Waals surface area contributed by atoms with Gasteiger partial charge in [0.25, 0.3) is 0 Å². The Hall–Kier alpha value is -1.55. The minimum atomic E-state index is -0.246. The van der Waals surface area contributed by atoms with Crippen molar-refractivity contribution in [2.45, 2.75) is 58.2 Å². The van der Waals surface area contributed by atoms with Crippen LogP contribution in [0.2, 0.25) is 0 Å². The van der Waals surface area contributed by atoms with Gasteiger partial charge in [0.2, 0.25) is 0 Å². The van der Waals surface area contributed by atoms with E-state index in [2.05, 4.69) is 67.9 Å². The van der Waals surface area contributed by atoms with Gasteiger partial charge in [0.1, 0.15) is 0 Å². The van der Waals surface area contributed by atoms with Gasteiger partial charge >= 0.3 is 6.09 Å². The molecule has 8 heteroatoms. The first-order valence-electron chi connectivity index (χ1n) is 10.5. The minimum absolute atomic E-state index is 0. The summed E-state index contributed by atoms with van der Waals surface area (Å²) in [7, 11) is 1.43. The molecule has 0 spiro atoms. The fourth-order valence-electron chi connectivity index (χ4n) is 3.58. The molecular weight excluding hydrogens is 493 g/mol. The fraction of sp³-hybridized carbons (Fsp3) is 0.636. The van der Waals surface area contributed by atoms with Crippen LogP contribution in [0, 0.1) is 0 Å². The maximum absolute atomic E-state index is 11.6. The summed E-state index contributed by atoms with van der Waals surface area (Å²) in [6, 6.07) is 11.0. The largest absolute Gasteiger partial charge is 0.453 e. The first-order chi connectivity index (χ1) is 13.8. The normalized spacial score (nSPS) is 16.4. The number of benzene rings is 1. The number of aliphatic imine (C=N–C) groups is 1. The summed E-state index contributed by atoms with van der Waals surface area (Å²) in [4.78, 5) is 18.2. The second-order valence-corrected chi connectivity index (χ2v) is 8.23. The van der Waals surface area contributed by atoms with E-state index in [1.807, 2.05) is 6.07 Å². The van der Waals surface area contributed by atoms with E-state index < -0.39 is 0 Å². The predicted molar refractivity (Wildman–Crippen MR) is 134 cm³/mol. The summed E-state index contributed by atoms with van der Waals surface area (Å²) in [5.41, 5.74) is 1.12. The van der Waals surface area contributed by atoms with E-state index >= 15 is 0 Å². The predicted octanol–water partition coefficient (Wildman–Crippen LogP) is 3.52. The molecule has 0 aliphatic carbocycles. The van der Waals surface area contributed by atoms with E-state index in [1.165, 1.54) is 12.7 Å². The molecule has 1 saturated heterocycles. The van der Waals surface area contributed by atoms with Crippen molar-refractivity contribution in [3.05, 3.63) is 35.9 Å². The Morgan fingerprint density at radius 1 is 1.27 bits per heavy atom. The quantitative estimate of drug-likeness (QED) is 0.285. The topological polar surface area (TPSA) is 78.0 Å². The summed E-state index contributed by atoms with van der Waals surface area (Å²) in [6.45, 7) is 11.5. The summed E-state index contributed by atoms with van der Waals surface area (Å²) >= 11 is 0. The van der Waals surface area contributed by atoms with Gasteiger partial charge in [-0.2, -0.15) is 0 Å². The molecule has 1 unspecified atom stereocenters. The maximum Gasteiger partial charge on any atom is 0.409 e. The third-order valence-electron chi connectivity index (χ3n) is 5.15. The highest BCUT2D eigenvalue weighted by molar-refractivity contribution is 14.0. The highest BCUT2D eigenvalue weighted by Gasteiger charge is 2.24. The molecule has 1 aliphatic rings. The number of rotatable bonds is 7. The number of amides is 1. The molecule has 1 aliphatic heterocycles. The summed E-state index contributed by atoms with van der Waals surface area (Å²) in [5.74, 6) is 0.825. The monoisotopic (exact) mass is 531 g/mol. The average Bonchev–Trinajstić information content (AvgIpc) is 2.72. The number of guanidine groups is 1. The number of nitrogens with zero attached hydrogens (tertiary/aromatic N) is 2. The van der Waals surface area contributed by atoms with Crippen molar-refractivity contribution in [3.63, 3.8) is 0 Å². The van der Waals surface area contributed by atoms with Gasteiger partial charge in [-0.05, 0) is 46.1 Å². The molecule has 1 heterocycles. The second kappa shape index (κ2) is 13.0. The van der Waals surface area contributed by atoms with Gasteiger partial charge in [0.15, 0.2) is 5.96 Å². The van der Waals surface area contributed by atoms with Crippen LogP contribution in [0.5, 0.6) is 0 Å². The highest BCUT2D eigenvalue weighted by atomic mass is 127. The van der Waals surface area contributed by atoms with Crippen LogP contribution in [0.1, 0.15) is 52.1 Å². The second-order valence-electron chi connectivity index (χ2n) is 8.23. The lowest BCUT2D eigenvalue weighted by Gasteiger charge is -2.33. The number of hydrogen-bond donors (Lipinski definition) is 3. The number of carbonyl (C=O) groups is 1. The zero-order valence-corrected chi connectivity index (χ0v) is 21.2. The lowest BCUT2D eigenvalue weighted by atomic mass is 10.0. The molecule has 0 saturated carbocycles. The number of likely N-dealkylation sites (tertiary alicyclic amines) is 1. The SMILES string of the molecule is CCNC(=NCC(C)(C)NC(C)c1ccccc1)NC1CCN(C(=O)OC)CC1.I. The number of hydrogen-bond acceptors (Lipinski definition) is 4. The molecule has 7 nitrogen and oxygen atoms in total. The summed E-state index contributed by atoms with van der Waals surface area (Å²) < 4.78 is 4.81. The summed E-state index contributed by atoms with van der Waals surface area (Å²) in [5, 5.41) is 10.5. The van der Waals surface area contributed by atoms with E-state index in [0.29, 0.717) is 25.7 Å². The van der Waals surface area contributed by atoms with Crippen molar-refractivity contribution in [3.8, 4) is 0 Å². The van der Waals surface area contributed by atoms with E-state index in [9.17, 15) is 4.79 Å². The molecule has 0 aromatic heterocycles. The Balaban J connectivity index is 0.00000450. The van der Waals surface area contributed by atoms with Crippen LogP contribution in [-0.2, 0) is 4.74 Å². The molecule has 170 valence electrons. The molecule has 1 atom stereocenters. The van der Waals surface area contributed by atoms with Gasteiger partial charge in [-0.15, -0.1) is 24.0 Å². The first-order valence-corrected chi connectivity index (χ1v) is 10.5. The van der Waals surface area contributed by atoms with E-state index in [4.69, 9.17) is 9.73 Å². The molecular formula is C22H38IN5O2. The van der Waals surface area contributed by atoms with Gasteiger partial charge in [0, 0.05) is 37.3 Å². The molecule has 0 bridgehead atoms. The number of piperidine rings is 1. The van der Waals surface area contributed by atoms with Crippen molar-refractivity contribution in [1.29, 1.82) is 0 Å². The molecule has 1 aromatic carbocycles. The van der Waals surface area contributed by atoms with E-state index in [-0.39, 0.29) is 41.7 Å². The number of nitrogens with one attached hydrogen (secondary N) is 3. The molecule has 2 rings (SSSR count). The molecule has 3 N–H and O–H groups in total. The Labute approximate surface area is 198 Å². The van der Waals surface area contributed by atoms with Crippen LogP contribution in [0.4, 0.5) is 4.79 Å². The van der Waals surface area contributed by atoms with Crippen molar-refractivity contribution >= 4 is 36.0 Å². The van der Waals surface area contributed by atoms with Crippen molar-refractivity contribution in [2.24, 2.45) is 4.99 Å². The van der Waals surface area contributed by atoms with E-state index in [0.717, 1.165) is 25.3 Å². The number of carbonyl (C=O) groups excluding carboxylic acids is 1. The smallest absolute Gasteiger partial charge is 0.409 e. The molecule has 0 radical (unpaired) electrons. The maximum atomic E-state index is 11.6.